The van der Waals surface area contributed by atoms with Gasteiger partial charge >= 0.3 is 18.2 Å². The number of aromatic nitrogens is 1. The zero-order chi connectivity index (χ0) is 25.2. The molecule has 1 saturated heterocycles. The number of hydrogen-bond donors (Lipinski definition) is 1. The van der Waals surface area contributed by atoms with Crippen molar-refractivity contribution >= 4 is 12.0 Å². The van der Waals surface area contributed by atoms with Gasteiger partial charge in [-0.15, -0.1) is 0 Å². The van der Waals surface area contributed by atoms with Crippen LogP contribution in [0.25, 0.3) is 0 Å². The molecule has 9 nitrogen and oxygen atoms in total. The minimum atomic E-state index is -5.02. The number of alkyl halides is 3. The molecule has 0 radical (unpaired) electrons. The maximum Gasteiger partial charge on any atom is 0.471 e. The Balaban J connectivity index is 1.54. The van der Waals surface area contributed by atoms with Crippen molar-refractivity contribution in [2.45, 2.75) is 75.4 Å². The van der Waals surface area contributed by atoms with Crippen LogP contribution in [-0.2, 0) is 14.3 Å². The molecule has 0 spiro atoms. The Labute approximate surface area is 201 Å². The van der Waals surface area contributed by atoms with Gasteiger partial charge in [-0.2, -0.15) is 13.2 Å². The molecule has 3 atom stereocenters. The minimum Gasteiger partial charge on any atom is -0.496 e. The predicted molar refractivity (Wildman–Crippen MR) is 116 cm³/mol. The zero-order valence-electron chi connectivity index (χ0n) is 19.7. The minimum absolute atomic E-state index is 0.00433. The third-order valence-corrected chi connectivity index (χ3v) is 6.86. The topological polar surface area (TPSA) is 99.2 Å². The van der Waals surface area contributed by atoms with Crippen molar-refractivity contribution in [3.05, 3.63) is 17.8 Å². The molecule has 3 aliphatic heterocycles. The number of rotatable bonds is 2. The van der Waals surface area contributed by atoms with Gasteiger partial charge in [-0.1, -0.05) is 0 Å². The van der Waals surface area contributed by atoms with Crippen molar-refractivity contribution in [3.8, 4) is 11.6 Å². The highest BCUT2D eigenvalue weighted by Gasteiger charge is 2.47. The van der Waals surface area contributed by atoms with E-state index >= 15 is 0 Å². The third kappa shape index (κ3) is 5.91. The Morgan fingerprint density at radius 1 is 1.17 bits per heavy atom. The SMILES string of the molecule is COc1cc2nc(c1)C1CCC(CC1)OCC1[C@@H](NC(=O)C(F)(F)F)CC(C)N1C(=O)OCCO2. The largest absolute Gasteiger partial charge is 0.496 e. The zero-order valence-corrected chi connectivity index (χ0v) is 19.7. The fraction of sp³-hybridized carbons (Fsp3) is 0.696. The number of halogens is 3. The van der Waals surface area contributed by atoms with Gasteiger partial charge in [0.15, 0.2) is 0 Å². The first-order valence-corrected chi connectivity index (χ1v) is 11.8. The highest BCUT2D eigenvalue weighted by Crippen LogP contribution is 2.36. The van der Waals surface area contributed by atoms with Gasteiger partial charge in [0.25, 0.3) is 0 Å². The molecule has 194 valence electrons. The Hall–Kier alpha value is -2.76. The number of amides is 2. The van der Waals surface area contributed by atoms with Crippen molar-refractivity contribution in [1.29, 1.82) is 0 Å². The maximum absolute atomic E-state index is 12.9. The van der Waals surface area contributed by atoms with Gasteiger partial charge in [0.05, 0.1) is 37.6 Å². The van der Waals surface area contributed by atoms with E-state index in [0.717, 1.165) is 31.4 Å². The number of pyridine rings is 1. The van der Waals surface area contributed by atoms with Gasteiger partial charge in [-0.3, -0.25) is 9.69 Å². The first-order valence-electron chi connectivity index (χ1n) is 11.8. The normalized spacial score (nSPS) is 29.7. The van der Waals surface area contributed by atoms with E-state index in [9.17, 15) is 22.8 Å². The Morgan fingerprint density at radius 2 is 1.89 bits per heavy atom. The van der Waals surface area contributed by atoms with Crippen molar-refractivity contribution < 1.29 is 41.7 Å². The molecule has 35 heavy (non-hydrogen) atoms. The summed E-state index contributed by atoms with van der Waals surface area (Å²) in [5, 5.41) is 2.04. The fourth-order valence-corrected chi connectivity index (χ4v) is 5.09. The smallest absolute Gasteiger partial charge is 0.471 e. The van der Waals surface area contributed by atoms with Crippen LogP contribution in [0.3, 0.4) is 0 Å². The van der Waals surface area contributed by atoms with E-state index in [0.29, 0.717) is 11.6 Å². The number of hydrogen-bond acceptors (Lipinski definition) is 7. The number of nitrogens with one attached hydrogen (secondary N) is 1. The summed E-state index contributed by atoms with van der Waals surface area (Å²) in [6.45, 7) is 1.65. The molecule has 4 heterocycles. The molecule has 2 unspecified atom stereocenters. The van der Waals surface area contributed by atoms with Crippen LogP contribution in [0, 0.1) is 0 Å². The van der Waals surface area contributed by atoms with E-state index in [1.165, 1.54) is 4.90 Å². The lowest BCUT2D eigenvalue weighted by Gasteiger charge is -2.33. The van der Waals surface area contributed by atoms with Gasteiger partial charge < -0.3 is 24.3 Å². The highest BCUT2D eigenvalue weighted by molar-refractivity contribution is 5.82. The summed E-state index contributed by atoms with van der Waals surface area (Å²) < 4.78 is 61.2. The third-order valence-electron chi connectivity index (χ3n) is 6.86. The number of ether oxygens (including phenoxy) is 4. The molecule has 4 bridgehead atoms. The van der Waals surface area contributed by atoms with Crippen LogP contribution in [0.1, 0.15) is 50.6 Å². The average molecular weight is 502 g/mol. The van der Waals surface area contributed by atoms with Crippen LogP contribution < -0.4 is 14.8 Å². The number of carbonyl (C=O) groups excluding carboxylic acids is 2. The van der Waals surface area contributed by atoms with E-state index in [4.69, 9.17) is 18.9 Å². The first kappa shape index (κ1) is 25.3. The van der Waals surface area contributed by atoms with Crippen LogP contribution >= 0.6 is 0 Å². The predicted octanol–water partition coefficient (Wildman–Crippen LogP) is 3.17. The molecule has 1 aromatic heterocycles. The number of methoxy groups -OCH3 is 1. The standard InChI is InChI=1S/C23H30F3N3O6/c1-13-9-18(28-21(30)23(24,25)26)19-12-35-15-5-3-14(4-6-15)17-10-16(32-2)11-20(27-17)33-7-8-34-22(31)29(13)19/h10-11,13-15,18-19H,3-9,12H2,1-2H3,(H,28,30)/t13?,14?,15?,18-,19?/m0/s1. The molecular weight excluding hydrogens is 471 g/mol. The number of fused-ring (bicyclic) bond motifs is 7. The number of nitrogens with zero attached hydrogens (tertiary/aromatic N) is 2. The lowest BCUT2D eigenvalue weighted by atomic mass is 9.85. The lowest BCUT2D eigenvalue weighted by molar-refractivity contribution is -0.174. The molecule has 5 rings (SSSR count). The van der Waals surface area contributed by atoms with E-state index in [1.54, 1.807) is 20.1 Å². The summed E-state index contributed by atoms with van der Waals surface area (Å²) in [6.07, 6.45) is -2.60. The van der Waals surface area contributed by atoms with Crippen LogP contribution in [0.4, 0.5) is 18.0 Å². The Morgan fingerprint density at radius 3 is 2.57 bits per heavy atom. The van der Waals surface area contributed by atoms with Crippen molar-refractivity contribution in [2.24, 2.45) is 0 Å². The quantitative estimate of drug-likeness (QED) is 0.665. The molecular formula is C23H30F3N3O6. The van der Waals surface area contributed by atoms with Crippen LogP contribution in [0.5, 0.6) is 11.6 Å². The second-order valence-electron chi connectivity index (χ2n) is 9.18. The van der Waals surface area contributed by atoms with Crippen LogP contribution in [0.2, 0.25) is 0 Å². The molecule has 1 N–H and O–H groups in total. The fourth-order valence-electron chi connectivity index (χ4n) is 5.09. The molecule has 12 heteroatoms. The van der Waals surface area contributed by atoms with Gasteiger partial charge in [-0.05, 0) is 39.0 Å². The molecule has 4 aliphatic rings. The van der Waals surface area contributed by atoms with E-state index in [-0.39, 0.29) is 38.3 Å². The van der Waals surface area contributed by atoms with E-state index in [2.05, 4.69) is 4.98 Å². The highest BCUT2D eigenvalue weighted by atomic mass is 19.4. The summed E-state index contributed by atoms with van der Waals surface area (Å²) in [5.74, 6) is -0.847. The molecule has 2 amide bonds. The summed E-state index contributed by atoms with van der Waals surface area (Å²) in [6, 6.07) is 1.40. The Bertz CT molecular complexity index is 922. The monoisotopic (exact) mass is 501 g/mol. The molecule has 0 aromatic carbocycles. The van der Waals surface area contributed by atoms with Crippen LogP contribution in [0.15, 0.2) is 12.1 Å². The molecule has 1 saturated carbocycles. The number of carbonyl (C=O) groups is 2. The second-order valence-corrected chi connectivity index (χ2v) is 9.18. The van der Waals surface area contributed by atoms with Crippen molar-refractivity contribution in [1.82, 2.24) is 15.2 Å². The van der Waals surface area contributed by atoms with Gasteiger partial charge in [-0.25, -0.2) is 9.78 Å². The average Bonchev–Trinajstić information content (AvgIpc) is 3.13. The summed E-state index contributed by atoms with van der Waals surface area (Å²) in [5.41, 5.74) is 0.854. The Kier molecular flexibility index (Phi) is 7.58. The summed E-state index contributed by atoms with van der Waals surface area (Å²) in [7, 11) is 1.57. The van der Waals surface area contributed by atoms with E-state index in [1.807, 2.05) is 11.4 Å². The van der Waals surface area contributed by atoms with Crippen molar-refractivity contribution in [3.63, 3.8) is 0 Å². The van der Waals surface area contributed by atoms with Gasteiger partial charge in [0.1, 0.15) is 19.0 Å². The van der Waals surface area contributed by atoms with Crippen LogP contribution in [-0.4, -0.2) is 79.2 Å². The molecule has 1 aliphatic carbocycles. The second kappa shape index (κ2) is 10.5. The maximum atomic E-state index is 12.9. The van der Waals surface area contributed by atoms with Gasteiger partial charge in [0, 0.05) is 24.1 Å². The van der Waals surface area contributed by atoms with E-state index < -0.39 is 36.3 Å². The summed E-state index contributed by atoms with van der Waals surface area (Å²) in [4.78, 5) is 30.5. The van der Waals surface area contributed by atoms with Gasteiger partial charge in [0.2, 0.25) is 5.88 Å². The lowest BCUT2D eigenvalue weighted by Crippen LogP contribution is -2.53. The molecule has 2 fully saturated rings. The van der Waals surface area contributed by atoms with Crippen molar-refractivity contribution in [2.75, 3.05) is 26.9 Å². The summed E-state index contributed by atoms with van der Waals surface area (Å²) >= 11 is 0. The molecule has 1 aromatic rings. The first-order chi connectivity index (χ1) is 16.7.